The van der Waals surface area contributed by atoms with Crippen LogP contribution in [0.2, 0.25) is 0 Å². The number of carbonyl (C=O) groups is 2. The molecule has 0 radical (unpaired) electrons. The van der Waals surface area contributed by atoms with Crippen LogP contribution in [0.25, 0.3) is 0 Å². The maximum absolute atomic E-state index is 12.1. The summed E-state index contributed by atoms with van der Waals surface area (Å²) in [5.74, 6) is 0.627. The Balaban J connectivity index is 1.54. The Morgan fingerprint density at radius 3 is 2.29 bits per heavy atom. The molecule has 0 spiro atoms. The van der Waals surface area contributed by atoms with Gasteiger partial charge in [0.1, 0.15) is 0 Å². The summed E-state index contributed by atoms with van der Waals surface area (Å²) in [6.07, 6.45) is 3.06. The van der Waals surface area contributed by atoms with Crippen LogP contribution in [0.5, 0.6) is 0 Å². The highest BCUT2D eigenvalue weighted by molar-refractivity contribution is 5.94. The second-order valence-electron chi connectivity index (χ2n) is 6.92. The van der Waals surface area contributed by atoms with Crippen molar-refractivity contribution in [2.45, 2.75) is 39.2 Å². The lowest BCUT2D eigenvalue weighted by Gasteiger charge is -2.36. The van der Waals surface area contributed by atoms with Gasteiger partial charge < -0.3 is 15.1 Å². The van der Waals surface area contributed by atoms with Crippen molar-refractivity contribution < 1.29 is 9.59 Å². The minimum atomic E-state index is -0.0178. The first-order chi connectivity index (χ1) is 11.6. The number of carbonyl (C=O) groups excluding carboxylic acids is 2. The number of piperazine rings is 1. The van der Waals surface area contributed by atoms with Gasteiger partial charge in [-0.25, -0.2) is 0 Å². The average molecular weight is 329 g/mol. The third kappa shape index (κ3) is 3.89. The van der Waals surface area contributed by atoms with Crippen molar-refractivity contribution >= 4 is 17.5 Å². The molecule has 130 valence electrons. The van der Waals surface area contributed by atoms with Crippen molar-refractivity contribution in [3.63, 3.8) is 0 Å². The van der Waals surface area contributed by atoms with Gasteiger partial charge in [-0.15, -0.1) is 0 Å². The summed E-state index contributed by atoms with van der Waals surface area (Å²) in [6.45, 7) is 7.38. The Labute approximate surface area is 144 Å². The molecule has 1 aromatic carbocycles. The summed E-state index contributed by atoms with van der Waals surface area (Å²) in [7, 11) is 0. The monoisotopic (exact) mass is 329 g/mol. The fourth-order valence-electron chi connectivity index (χ4n) is 3.01. The molecule has 2 fully saturated rings. The van der Waals surface area contributed by atoms with E-state index in [4.69, 9.17) is 0 Å². The van der Waals surface area contributed by atoms with E-state index in [1.807, 2.05) is 36.1 Å². The number of nitrogens with one attached hydrogen (secondary N) is 1. The fourth-order valence-corrected chi connectivity index (χ4v) is 3.01. The van der Waals surface area contributed by atoms with E-state index in [1.54, 1.807) is 0 Å². The zero-order valence-corrected chi connectivity index (χ0v) is 14.6. The molecule has 1 aliphatic carbocycles. The quantitative estimate of drug-likeness (QED) is 0.902. The second-order valence-corrected chi connectivity index (χ2v) is 6.92. The van der Waals surface area contributed by atoms with Gasteiger partial charge in [0.15, 0.2) is 0 Å². The SMILES string of the molecule is CCC(C)NC(=O)c1ccc(N2CCN(C(=O)C3CC3)CC2)cc1. The number of nitrogens with zero attached hydrogens (tertiary/aromatic N) is 2. The fraction of sp³-hybridized carbons (Fsp3) is 0.579. The molecular weight excluding hydrogens is 302 g/mol. The molecule has 5 heteroatoms. The van der Waals surface area contributed by atoms with Crippen LogP contribution in [0, 0.1) is 5.92 Å². The minimum Gasteiger partial charge on any atom is -0.368 e. The number of hydrogen-bond acceptors (Lipinski definition) is 3. The summed E-state index contributed by atoms with van der Waals surface area (Å²) in [4.78, 5) is 28.5. The standard InChI is InChI=1S/C19H27N3O2/c1-3-14(2)20-18(23)15-6-8-17(9-7-15)21-10-12-22(13-11-21)19(24)16-4-5-16/h6-9,14,16H,3-5,10-13H2,1-2H3,(H,20,23). The van der Waals surface area contributed by atoms with E-state index in [9.17, 15) is 9.59 Å². The predicted octanol–water partition coefficient (Wildman–Crippen LogP) is 2.27. The van der Waals surface area contributed by atoms with Crippen molar-refractivity contribution in [2.24, 2.45) is 5.92 Å². The van der Waals surface area contributed by atoms with Gasteiger partial charge >= 0.3 is 0 Å². The van der Waals surface area contributed by atoms with Crippen LogP contribution in [0.15, 0.2) is 24.3 Å². The number of benzene rings is 1. The first kappa shape index (κ1) is 16.8. The van der Waals surface area contributed by atoms with Crippen LogP contribution in [0.4, 0.5) is 5.69 Å². The third-order valence-corrected chi connectivity index (χ3v) is 5.00. The second kappa shape index (κ2) is 7.24. The molecular formula is C19H27N3O2. The van der Waals surface area contributed by atoms with Gasteiger partial charge in [0.25, 0.3) is 5.91 Å². The van der Waals surface area contributed by atoms with Crippen molar-refractivity contribution in [3.8, 4) is 0 Å². The maximum Gasteiger partial charge on any atom is 0.251 e. The Morgan fingerprint density at radius 1 is 1.12 bits per heavy atom. The molecule has 1 aliphatic heterocycles. The molecule has 1 N–H and O–H groups in total. The normalized spacial score (nSPS) is 19.1. The van der Waals surface area contributed by atoms with E-state index in [0.717, 1.165) is 51.1 Å². The zero-order chi connectivity index (χ0) is 17.1. The Hall–Kier alpha value is -2.04. The van der Waals surface area contributed by atoms with Crippen LogP contribution < -0.4 is 10.2 Å². The van der Waals surface area contributed by atoms with Crippen molar-refractivity contribution in [2.75, 3.05) is 31.1 Å². The topological polar surface area (TPSA) is 52.7 Å². The molecule has 1 aromatic rings. The lowest BCUT2D eigenvalue weighted by atomic mass is 10.1. The van der Waals surface area contributed by atoms with E-state index in [2.05, 4.69) is 17.1 Å². The van der Waals surface area contributed by atoms with E-state index in [0.29, 0.717) is 17.4 Å². The highest BCUT2D eigenvalue weighted by atomic mass is 16.2. The number of hydrogen-bond donors (Lipinski definition) is 1. The first-order valence-electron chi connectivity index (χ1n) is 9.03. The Morgan fingerprint density at radius 2 is 1.75 bits per heavy atom. The minimum absolute atomic E-state index is 0.0178. The van der Waals surface area contributed by atoms with E-state index in [1.165, 1.54) is 0 Å². The molecule has 1 saturated carbocycles. The summed E-state index contributed by atoms with van der Waals surface area (Å²) in [5, 5.41) is 2.98. The van der Waals surface area contributed by atoms with Crippen molar-refractivity contribution in [1.29, 1.82) is 0 Å². The Bertz CT molecular complexity index is 587. The molecule has 1 unspecified atom stereocenters. The van der Waals surface area contributed by atoms with Gasteiger partial charge in [0.2, 0.25) is 5.91 Å². The largest absolute Gasteiger partial charge is 0.368 e. The Kier molecular flexibility index (Phi) is 5.07. The molecule has 1 heterocycles. The van der Waals surface area contributed by atoms with Gasteiger partial charge in [0.05, 0.1) is 0 Å². The van der Waals surface area contributed by atoms with E-state index in [-0.39, 0.29) is 11.9 Å². The van der Waals surface area contributed by atoms with E-state index >= 15 is 0 Å². The summed E-state index contributed by atoms with van der Waals surface area (Å²) >= 11 is 0. The molecule has 0 bridgehead atoms. The highest BCUT2D eigenvalue weighted by Crippen LogP contribution is 2.31. The number of amides is 2. The molecule has 24 heavy (non-hydrogen) atoms. The molecule has 2 aliphatic rings. The lowest BCUT2D eigenvalue weighted by Crippen LogP contribution is -2.49. The zero-order valence-electron chi connectivity index (χ0n) is 14.6. The van der Waals surface area contributed by atoms with Crippen LogP contribution in [-0.2, 0) is 4.79 Å². The molecule has 0 aromatic heterocycles. The predicted molar refractivity (Wildman–Crippen MR) is 95.2 cm³/mol. The average Bonchev–Trinajstić information content (AvgIpc) is 3.46. The third-order valence-electron chi connectivity index (χ3n) is 5.00. The van der Waals surface area contributed by atoms with Crippen LogP contribution in [-0.4, -0.2) is 48.9 Å². The number of rotatable bonds is 5. The molecule has 1 atom stereocenters. The first-order valence-corrected chi connectivity index (χ1v) is 9.03. The van der Waals surface area contributed by atoms with Gasteiger partial charge in [-0.1, -0.05) is 6.92 Å². The molecule has 2 amide bonds. The van der Waals surface area contributed by atoms with Gasteiger partial charge in [-0.2, -0.15) is 0 Å². The number of anilines is 1. The van der Waals surface area contributed by atoms with Gasteiger partial charge in [-0.3, -0.25) is 9.59 Å². The summed E-state index contributed by atoms with van der Waals surface area (Å²) < 4.78 is 0. The van der Waals surface area contributed by atoms with Crippen LogP contribution in [0.1, 0.15) is 43.5 Å². The highest BCUT2D eigenvalue weighted by Gasteiger charge is 2.34. The van der Waals surface area contributed by atoms with Gasteiger partial charge in [-0.05, 0) is 50.5 Å². The summed E-state index contributed by atoms with van der Waals surface area (Å²) in [5.41, 5.74) is 1.82. The molecule has 5 nitrogen and oxygen atoms in total. The lowest BCUT2D eigenvalue weighted by molar-refractivity contribution is -0.132. The van der Waals surface area contributed by atoms with Crippen molar-refractivity contribution in [3.05, 3.63) is 29.8 Å². The summed E-state index contributed by atoms with van der Waals surface area (Å²) in [6, 6.07) is 7.96. The van der Waals surface area contributed by atoms with Crippen molar-refractivity contribution in [1.82, 2.24) is 10.2 Å². The van der Waals surface area contributed by atoms with Crippen LogP contribution >= 0.6 is 0 Å². The smallest absolute Gasteiger partial charge is 0.251 e. The van der Waals surface area contributed by atoms with Crippen LogP contribution in [0.3, 0.4) is 0 Å². The van der Waals surface area contributed by atoms with E-state index < -0.39 is 0 Å². The van der Waals surface area contributed by atoms with Gasteiger partial charge in [0, 0.05) is 49.4 Å². The molecule has 1 saturated heterocycles. The molecule has 3 rings (SSSR count). The maximum atomic E-state index is 12.1.